The van der Waals surface area contributed by atoms with Gasteiger partial charge >= 0.3 is 0 Å². The lowest BCUT2D eigenvalue weighted by atomic mass is 10.0. The maximum atomic E-state index is 12.6. The Bertz CT molecular complexity index is 738. The molecule has 1 unspecified atom stereocenters. The Kier molecular flexibility index (Phi) is 10.7. The molecular formula is C22H40IN7O2. The molecule has 1 aromatic heterocycles. The molecule has 2 aliphatic rings. The quantitative estimate of drug-likeness (QED) is 0.250. The predicted octanol–water partition coefficient (Wildman–Crippen LogP) is 1.14. The molecule has 0 bridgehead atoms. The number of nitrogens with one attached hydrogen (secondary N) is 2. The first-order valence-electron chi connectivity index (χ1n) is 11.6. The molecule has 2 fully saturated rings. The maximum absolute atomic E-state index is 12.6. The van der Waals surface area contributed by atoms with Crippen molar-refractivity contribution in [3.8, 4) is 0 Å². The van der Waals surface area contributed by atoms with E-state index in [0.29, 0.717) is 11.9 Å². The Morgan fingerprint density at radius 1 is 1.25 bits per heavy atom. The van der Waals surface area contributed by atoms with Gasteiger partial charge in [0.25, 0.3) is 0 Å². The molecule has 32 heavy (non-hydrogen) atoms. The summed E-state index contributed by atoms with van der Waals surface area (Å²) in [6.45, 7) is 9.94. The molecule has 1 atom stereocenters. The van der Waals surface area contributed by atoms with Gasteiger partial charge in [-0.05, 0) is 26.7 Å². The molecule has 1 aliphatic heterocycles. The van der Waals surface area contributed by atoms with Crippen molar-refractivity contribution in [2.75, 3.05) is 52.4 Å². The van der Waals surface area contributed by atoms with Gasteiger partial charge in [-0.1, -0.05) is 12.8 Å². The average Bonchev–Trinajstić information content (AvgIpc) is 3.44. The molecule has 9 nitrogen and oxygen atoms in total. The molecule has 1 saturated heterocycles. The van der Waals surface area contributed by atoms with E-state index in [2.05, 4.69) is 30.5 Å². The number of rotatable bonds is 8. The highest BCUT2D eigenvalue weighted by atomic mass is 127. The van der Waals surface area contributed by atoms with E-state index in [1.807, 2.05) is 20.2 Å². The third kappa shape index (κ3) is 7.58. The van der Waals surface area contributed by atoms with Gasteiger partial charge in [-0.25, -0.2) is 4.99 Å². The molecule has 1 aromatic rings. The highest BCUT2D eigenvalue weighted by molar-refractivity contribution is 14.0. The molecule has 0 radical (unpaired) electrons. The Labute approximate surface area is 209 Å². The summed E-state index contributed by atoms with van der Waals surface area (Å²) in [7, 11) is 1.83. The van der Waals surface area contributed by atoms with Crippen molar-refractivity contribution in [2.24, 2.45) is 18.0 Å². The Morgan fingerprint density at radius 3 is 2.53 bits per heavy atom. The minimum absolute atomic E-state index is 0. The zero-order valence-corrected chi connectivity index (χ0v) is 22.0. The number of aromatic nitrogens is 2. The lowest BCUT2D eigenvalue weighted by molar-refractivity contribution is -0.137. The third-order valence-corrected chi connectivity index (χ3v) is 6.32. The van der Waals surface area contributed by atoms with E-state index in [0.717, 1.165) is 64.2 Å². The van der Waals surface area contributed by atoms with E-state index >= 15 is 0 Å². The number of aryl methyl sites for hydroxylation is 1. The van der Waals surface area contributed by atoms with Crippen LogP contribution in [0.1, 0.15) is 45.1 Å². The van der Waals surface area contributed by atoms with Crippen LogP contribution in [-0.4, -0.2) is 88.9 Å². The zero-order chi connectivity index (χ0) is 22.3. The van der Waals surface area contributed by atoms with Gasteiger partial charge in [0.1, 0.15) is 5.60 Å². The summed E-state index contributed by atoms with van der Waals surface area (Å²) >= 11 is 0. The number of amides is 1. The van der Waals surface area contributed by atoms with E-state index in [1.165, 1.54) is 12.8 Å². The number of hydrogen-bond donors (Lipinski definition) is 3. The molecule has 182 valence electrons. The second-order valence-corrected chi connectivity index (χ2v) is 8.95. The highest BCUT2D eigenvalue weighted by Crippen LogP contribution is 2.26. The second kappa shape index (κ2) is 12.7. The minimum Gasteiger partial charge on any atom is -0.383 e. The molecule has 3 N–H and O–H groups in total. The van der Waals surface area contributed by atoms with Crippen LogP contribution in [0.25, 0.3) is 0 Å². The topological polar surface area (TPSA) is 98.0 Å². The van der Waals surface area contributed by atoms with Crippen LogP contribution < -0.4 is 10.6 Å². The molecule has 0 aromatic carbocycles. The second-order valence-electron chi connectivity index (χ2n) is 8.95. The van der Waals surface area contributed by atoms with Crippen LogP contribution in [0.4, 0.5) is 0 Å². The van der Waals surface area contributed by atoms with E-state index in [-0.39, 0.29) is 36.4 Å². The van der Waals surface area contributed by atoms with Crippen molar-refractivity contribution in [3.63, 3.8) is 0 Å². The van der Waals surface area contributed by atoms with Crippen LogP contribution in [0.2, 0.25) is 0 Å². The number of guanidine groups is 1. The van der Waals surface area contributed by atoms with Crippen LogP contribution in [0, 0.1) is 5.92 Å². The lowest BCUT2D eigenvalue weighted by Crippen LogP contribution is -2.52. The van der Waals surface area contributed by atoms with Crippen molar-refractivity contribution >= 4 is 35.8 Å². The molecule has 3 rings (SSSR count). The molecule has 10 heteroatoms. The monoisotopic (exact) mass is 561 g/mol. The standard InChI is InChI=1S/C22H39N7O2.HI/c1-4-23-21(25-17-22(2,31)19-15-26-27(3)16-19)24-9-10-28-11-13-29(14-12-28)20(30)18-7-5-6-8-18;/h15-16,18,31H,4-14,17H2,1-3H3,(H2,23,24,25);1H. The minimum atomic E-state index is -1.07. The third-order valence-electron chi connectivity index (χ3n) is 6.32. The van der Waals surface area contributed by atoms with Crippen LogP contribution in [0.3, 0.4) is 0 Å². The maximum Gasteiger partial charge on any atom is 0.225 e. The van der Waals surface area contributed by atoms with Crippen LogP contribution >= 0.6 is 24.0 Å². The van der Waals surface area contributed by atoms with Gasteiger partial charge < -0.3 is 20.6 Å². The summed E-state index contributed by atoms with van der Waals surface area (Å²) in [5.74, 6) is 1.34. The van der Waals surface area contributed by atoms with E-state index < -0.39 is 5.60 Å². The Hall–Kier alpha value is -1.40. The van der Waals surface area contributed by atoms with Crippen LogP contribution in [-0.2, 0) is 17.4 Å². The fourth-order valence-corrected chi connectivity index (χ4v) is 4.32. The van der Waals surface area contributed by atoms with Crippen molar-refractivity contribution in [3.05, 3.63) is 18.0 Å². The summed E-state index contributed by atoms with van der Waals surface area (Å²) in [6.07, 6.45) is 8.04. The van der Waals surface area contributed by atoms with Gasteiger partial charge in [-0.2, -0.15) is 5.10 Å². The summed E-state index contributed by atoms with van der Waals surface area (Å²) in [5.41, 5.74) is -0.321. The normalized spacial score (nSPS) is 20.0. The van der Waals surface area contributed by atoms with Crippen molar-refractivity contribution < 1.29 is 9.90 Å². The fourth-order valence-electron chi connectivity index (χ4n) is 4.32. The summed E-state index contributed by atoms with van der Waals surface area (Å²) in [6, 6.07) is 0. The van der Waals surface area contributed by atoms with Gasteiger partial charge in [0.05, 0.1) is 12.7 Å². The van der Waals surface area contributed by atoms with Gasteiger partial charge in [-0.15, -0.1) is 24.0 Å². The number of nitrogens with zero attached hydrogens (tertiary/aromatic N) is 5. The van der Waals surface area contributed by atoms with Gasteiger partial charge in [0.2, 0.25) is 5.91 Å². The molecular weight excluding hydrogens is 521 g/mol. The summed E-state index contributed by atoms with van der Waals surface area (Å²) in [4.78, 5) is 21.6. The number of aliphatic hydroxyl groups is 1. The lowest BCUT2D eigenvalue weighted by Gasteiger charge is -2.36. The molecule has 2 heterocycles. The highest BCUT2D eigenvalue weighted by Gasteiger charge is 2.29. The first kappa shape index (κ1) is 26.8. The summed E-state index contributed by atoms with van der Waals surface area (Å²) < 4.78 is 1.68. The SMILES string of the molecule is CCNC(=NCC(C)(O)c1cnn(C)c1)NCCN1CCN(C(=O)C2CCCC2)CC1.I. The Balaban J connectivity index is 0.00000363. The summed E-state index contributed by atoms with van der Waals surface area (Å²) in [5, 5.41) is 21.5. The number of carbonyl (C=O) groups is 1. The molecule has 1 aliphatic carbocycles. The fraction of sp³-hybridized carbons (Fsp3) is 0.773. The van der Waals surface area contributed by atoms with Crippen molar-refractivity contribution in [1.29, 1.82) is 0 Å². The van der Waals surface area contributed by atoms with E-state index in [9.17, 15) is 9.90 Å². The van der Waals surface area contributed by atoms with Crippen LogP contribution in [0.15, 0.2) is 17.4 Å². The largest absolute Gasteiger partial charge is 0.383 e. The molecule has 1 amide bonds. The first-order chi connectivity index (χ1) is 14.9. The number of aliphatic imine (C=N–C) groups is 1. The van der Waals surface area contributed by atoms with Crippen molar-refractivity contribution in [1.82, 2.24) is 30.2 Å². The number of hydrogen-bond acceptors (Lipinski definition) is 5. The van der Waals surface area contributed by atoms with Gasteiger partial charge in [0, 0.05) is 70.5 Å². The van der Waals surface area contributed by atoms with Gasteiger partial charge in [0.15, 0.2) is 5.96 Å². The first-order valence-corrected chi connectivity index (χ1v) is 11.6. The number of carbonyl (C=O) groups excluding carboxylic acids is 1. The smallest absolute Gasteiger partial charge is 0.225 e. The predicted molar refractivity (Wildman–Crippen MR) is 137 cm³/mol. The van der Waals surface area contributed by atoms with Crippen LogP contribution in [0.5, 0.6) is 0 Å². The van der Waals surface area contributed by atoms with E-state index in [1.54, 1.807) is 17.8 Å². The molecule has 0 spiro atoms. The number of halogens is 1. The molecule has 1 saturated carbocycles. The van der Waals surface area contributed by atoms with Crippen molar-refractivity contribution in [2.45, 2.75) is 45.1 Å². The average molecular weight is 562 g/mol. The Morgan fingerprint density at radius 2 is 1.94 bits per heavy atom. The zero-order valence-electron chi connectivity index (χ0n) is 19.7. The van der Waals surface area contributed by atoms with Gasteiger partial charge in [-0.3, -0.25) is 14.4 Å². The number of piperazine rings is 1. The van der Waals surface area contributed by atoms with E-state index in [4.69, 9.17) is 0 Å².